The lowest BCUT2D eigenvalue weighted by Gasteiger charge is -2.14. The van der Waals surface area contributed by atoms with Crippen molar-refractivity contribution in [3.8, 4) is 0 Å². The predicted octanol–water partition coefficient (Wildman–Crippen LogP) is 1.72. The van der Waals surface area contributed by atoms with Gasteiger partial charge in [-0.15, -0.1) is 0 Å². The summed E-state index contributed by atoms with van der Waals surface area (Å²) in [6.45, 7) is 1.87. The number of amides is 1. The number of nitrogens with one attached hydrogen (secondary N) is 1. The van der Waals surface area contributed by atoms with Gasteiger partial charge >= 0.3 is 18.4 Å². The Morgan fingerprint density at radius 3 is 2.70 bits per heavy atom. The zero-order valence-corrected chi connectivity index (χ0v) is 11.2. The summed E-state index contributed by atoms with van der Waals surface area (Å²) in [6.07, 6.45) is -1.81. The average molecular weight is 277 g/mol. The molecule has 6 nitrogen and oxygen atoms in total. The number of benzene rings is 1. The molecule has 106 valence electrons. The number of cyclic esters (lactones) is 1. The molecular formula is C14H15NO5. The SMILES string of the molecule is COC1=C(C)C(=O)OC1OC(=O)NCc1ccccc1. The van der Waals surface area contributed by atoms with Gasteiger partial charge in [-0.05, 0) is 12.5 Å². The smallest absolute Gasteiger partial charge is 0.410 e. The highest BCUT2D eigenvalue weighted by atomic mass is 16.7. The molecule has 0 bridgehead atoms. The third-order valence-electron chi connectivity index (χ3n) is 2.82. The van der Waals surface area contributed by atoms with Crippen LogP contribution in [-0.4, -0.2) is 25.5 Å². The lowest BCUT2D eigenvalue weighted by molar-refractivity contribution is -0.154. The van der Waals surface area contributed by atoms with Crippen molar-refractivity contribution in [1.29, 1.82) is 0 Å². The topological polar surface area (TPSA) is 73.9 Å². The lowest BCUT2D eigenvalue weighted by atomic mass is 10.2. The van der Waals surface area contributed by atoms with Crippen LogP contribution in [0.5, 0.6) is 0 Å². The Morgan fingerprint density at radius 1 is 1.35 bits per heavy atom. The van der Waals surface area contributed by atoms with E-state index in [2.05, 4.69) is 5.32 Å². The lowest BCUT2D eigenvalue weighted by Crippen LogP contribution is -2.30. The summed E-state index contributed by atoms with van der Waals surface area (Å²) in [7, 11) is 1.39. The highest BCUT2D eigenvalue weighted by molar-refractivity contribution is 5.91. The van der Waals surface area contributed by atoms with Gasteiger partial charge in [0, 0.05) is 6.54 Å². The average Bonchev–Trinajstić information content (AvgIpc) is 2.72. The van der Waals surface area contributed by atoms with E-state index in [1.54, 1.807) is 6.92 Å². The van der Waals surface area contributed by atoms with Gasteiger partial charge in [0.1, 0.15) is 0 Å². The fourth-order valence-corrected chi connectivity index (χ4v) is 1.75. The van der Waals surface area contributed by atoms with Crippen LogP contribution in [0.2, 0.25) is 0 Å². The van der Waals surface area contributed by atoms with E-state index in [-0.39, 0.29) is 5.76 Å². The first-order chi connectivity index (χ1) is 9.61. The summed E-state index contributed by atoms with van der Waals surface area (Å²) in [4.78, 5) is 23.0. The van der Waals surface area contributed by atoms with Gasteiger partial charge in [0.05, 0.1) is 12.7 Å². The predicted molar refractivity (Wildman–Crippen MR) is 69.4 cm³/mol. The second-order valence-corrected chi connectivity index (χ2v) is 4.18. The molecule has 0 saturated carbocycles. The molecule has 6 heteroatoms. The van der Waals surface area contributed by atoms with Crippen molar-refractivity contribution in [3.05, 3.63) is 47.2 Å². The van der Waals surface area contributed by atoms with E-state index >= 15 is 0 Å². The van der Waals surface area contributed by atoms with Crippen LogP contribution in [-0.2, 0) is 25.5 Å². The van der Waals surface area contributed by atoms with Gasteiger partial charge in [0.2, 0.25) is 0 Å². The zero-order chi connectivity index (χ0) is 14.5. The van der Waals surface area contributed by atoms with Crippen molar-refractivity contribution in [2.45, 2.75) is 19.8 Å². The highest BCUT2D eigenvalue weighted by Crippen LogP contribution is 2.23. The number of ether oxygens (including phenoxy) is 3. The minimum absolute atomic E-state index is 0.213. The van der Waals surface area contributed by atoms with Crippen molar-refractivity contribution in [1.82, 2.24) is 5.32 Å². The van der Waals surface area contributed by atoms with Crippen molar-refractivity contribution < 1.29 is 23.8 Å². The first-order valence-corrected chi connectivity index (χ1v) is 6.06. The van der Waals surface area contributed by atoms with Crippen LogP contribution in [0, 0.1) is 0 Å². The van der Waals surface area contributed by atoms with Gasteiger partial charge in [0.25, 0.3) is 0 Å². The summed E-state index contributed by atoms with van der Waals surface area (Å²) in [5.41, 5.74) is 1.24. The molecule has 1 unspecified atom stereocenters. The molecule has 0 spiro atoms. The Hall–Kier alpha value is -2.50. The first kappa shape index (κ1) is 13.9. The Morgan fingerprint density at radius 2 is 2.05 bits per heavy atom. The molecule has 0 radical (unpaired) electrons. The molecule has 2 rings (SSSR count). The van der Waals surface area contributed by atoms with E-state index in [9.17, 15) is 9.59 Å². The Bertz CT molecular complexity index is 538. The number of methoxy groups -OCH3 is 1. The molecule has 20 heavy (non-hydrogen) atoms. The molecule has 1 atom stereocenters. The van der Waals surface area contributed by atoms with E-state index in [1.807, 2.05) is 30.3 Å². The van der Waals surface area contributed by atoms with E-state index in [1.165, 1.54) is 7.11 Å². The summed E-state index contributed by atoms with van der Waals surface area (Å²) in [5.74, 6) is -0.340. The third kappa shape index (κ3) is 3.09. The quantitative estimate of drug-likeness (QED) is 0.848. The number of hydrogen-bond acceptors (Lipinski definition) is 5. The Labute approximate surface area is 116 Å². The van der Waals surface area contributed by atoms with Crippen molar-refractivity contribution >= 4 is 12.1 Å². The molecule has 1 heterocycles. The summed E-state index contributed by atoms with van der Waals surface area (Å²) >= 11 is 0. The van der Waals surface area contributed by atoms with Gasteiger partial charge < -0.3 is 19.5 Å². The summed E-state index contributed by atoms with van der Waals surface area (Å²) < 4.78 is 14.9. The fraction of sp³-hybridized carbons (Fsp3) is 0.286. The van der Waals surface area contributed by atoms with Crippen molar-refractivity contribution in [2.24, 2.45) is 0 Å². The monoisotopic (exact) mass is 277 g/mol. The normalized spacial score (nSPS) is 17.7. The molecule has 0 saturated heterocycles. The molecule has 0 fully saturated rings. The standard InChI is InChI=1S/C14H15NO5/c1-9-11(18-2)13(19-12(9)16)20-14(17)15-8-10-6-4-3-5-7-10/h3-7,13H,8H2,1-2H3,(H,15,17). The maximum absolute atomic E-state index is 11.6. The molecule has 1 aromatic rings. The molecule has 1 amide bonds. The van der Waals surface area contributed by atoms with E-state index < -0.39 is 18.4 Å². The van der Waals surface area contributed by atoms with Gasteiger partial charge in [-0.1, -0.05) is 30.3 Å². The van der Waals surface area contributed by atoms with E-state index in [0.717, 1.165) is 5.56 Å². The summed E-state index contributed by atoms with van der Waals surface area (Å²) in [6, 6.07) is 9.38. The van der Waals surface area contributed by atoms with Crippen LogP contribution >= 0.6 is 0 Å². The van der Waals surface area contributed by atoms with Gasteiger partial charge in [-0.3, -0.25) is 0 Å². The zero-order valence-electron chi connectivity index (χ0n) is 11.2. The largest absolute Gasteiger partial charge is 0.493 e. The van der Waals surface area contributed by atoms with Crippen LogP contribution in [0.15, 0.2) is 41.7 Å². The van der Waals surface area contributed by atoms with Crippen LogP contribution in [0.25, 0.3) is 0 Å². The fourth-order valence-electron chi connectivity index (χ4n) is 1.75. The van der Waals surface area contributed by atoms with E-state index in [0.29, 0.717) is 12.1 Å². The number of alkyl carbamates (subject to hydrolysis) is 1. The van der Waals surface area contributed by atoms with Gasteiger partial charge in [-0.25, -0.2) is 9.59 Å². The Balaban J connectivity index is 1.88. The minimum atomic E-state index is -1.12. The number of esters is 1. The highest BCUT2D eigenvalue weighted by Gasteiger charge is 2.35. The van der Waals surface area contributed by atoms with Crippen LogP contribution < -0.4 is 5.32 Å². The molecular weight excluding hydrogens is 262 g/mol. The third-order valence-corrected chi connectivity index (χ3v) is 2.82. The van der Waals surface area contributed by atoms with Crippen LogP contribution in [0.4, 0.5) is 4.79 Å². The number of carbonyl (C=O) groups excluding carboxylic acids is 2. The van der Waals surface area contributed by atoms with E-state index in [4.69, 9.17) is 14.2 Å². The number of rotatable bonds is 4. The second kappa shape index (κ2) is 6.10. The molecule has 1 aliphatic heterocycles. The second-order valence-electron chi connectivity index (χ2n) is 4.18. The van der Waals surface area contributed by atoms with Gasteiger partial charge in [-0.2, -0.15) is 0 Å². The molecule has 0 aliphatic carbocycles. The number of hydrogen-bond donors (Lipinski definition) is 1. The van der Waals surface area contributed by atoms with Gasteiger partial charge in [0.15, 0.2) is 5.76 Å². The van der Waals surface area contributed by atoms with Crippen LogP contribution in [0.1, 0.15) is 12.5 Å². The maximum Gasteiger partial charge on any atom is 0.410 e. The molecule has 0 aromatic heterocycles. The molecule has 1 aliphatic rings. The number of carbonyl (C=O) groups is 2. The van der Waals surface area contributed by atoms with Crippen LogP contribution in [0.3, 0.4) is 0 Å². The van der Waals surface area contributed by atoms with Crippen molar-refractivity contribution in [3.63, 3.8) is 0 Å². The minimum Gasteiger partial charge on any atom is -0.493 e. The maximum atomic E-state index is 11.6. The first-order valence-electron chi connectivity index (χ1n) is 6.06. The Kier molecular flexibility index (Phi) is 4.24. The summed E-state index contributed by atoms with van der Waals surface area (Å²) in [5, 5.41) is 2.57. The molecule has 1 aromatic carbocycles. The van der Waals surface area contributed by atoms with Crippen molar-refractivity contribution in [2.75, 3.05) is 7.11 Å². The molecule has 1 N–H and O–H groups in total.